The number of nitrogens with one attached hydrogen (secondary N) is 1. The molecule has 3 fully saturated rings. The number of hydrogen-bond donors (Lipinski definition) is 2. The second-order valence-corrected chi connectivity index (χ2v) is 7.57. The summed E-state index contributed by atoms with van der Waals surface area (Å²) in [5, 5.41) is 11.1. The summed E-state index contributed by atoms with van der Waals surface area (Å²) >= 11 is 0. The van der Waals surface area contributed by atoms with Gasteiger partial charge in [0.1, 0.15) is 5.75 Å². The lowest BCUT2D eigenvalue weighted by atomic mass is 9.63. The fourth-order valence-corrected chi connectivity index (χ4v) is 5.59. The molecule has 5 aliphatic rings. The van der Waals surface area contributed by atoms with E-state index in [1.54, 1.807) is 6.07 Å². The number of aromatic hydroxyl groups is 1. The van der Waals surface area contributed by atoms with Crippen molar-refractivity contribution in [3.05, 3.63) is 29.5 Å². The lowest BCUT2D eigenvalue weighted by Crippen LogP contribution is -2.57. The molecule has 2 aromatic rings. The van der Waals surface area contributed by atoms with Gasteiger partial charge in [-0.15, -0.1) is 0 Å². The highest BCUT2D eigenvalue weighted by Gasteiger charge is 2.47. The molecule has 5 unspecified atom stereocenters. The highest BCUT2D eigenvalue weighted by Crippen LogP contribution is 2.51. The molecule has 1 saturated carbocycles. The Labute approximate surface area is 131 Å². The predicted molar refractivity (Wildman–Crippen MR) is 88.3 cm³/mol. The van der Waals surface area contributed by atoms with Crippen LogP contribution in [-0.2, 0) is 6.42 Å². The maximum Gasteiger partial charge on any atom is 0.116 e. The van der Waals surface area contributed by atoms with Gasteiger partial charge in [-0.25, -0.2) is 0 Å². The van der Waals surface area contributed by atoms with E-state index in [2.05, 4.69) is 16.8 Å². The molecule has 3 nitrogen and oxygen atoms in total. The highest BCUT2D eigenvalue weighted by atomic mass is 16.3. The highest BCUT2D eigenvalue weighted by molar-refractivity contribution is 5.86. The zero-order chi connectivity index (χ0) is 14.8. The molecule has 1 aromatic carbocycles. The number of phenolic OH excluding ortho intramolecular Hbond substituents is 1. The van der Waals surface area contributed by atoms with E-state index in [4.69, 9.17) is 0 Å². The van der Waals surface area contributed by atoms with Crippen molar-refractivity contribution in [2.75, 3.05) is 13.1 Å². The van der Waals surface area contributed by atoms with Crippen molar-refractivity contribution in [3.8, 4) is 5.75 Å². The Bertz CT molecular complexity index is 734. The van der Waals surface area contributed by atoms with Gasteiger partial charge in [-0.1, -0.05) is 13.3 Å². The van der Waals surface area contributed by atoms with Gasteiger partial charge in [0.25, 0.3) is 0 Å². The van der Waals surface area contributed by atoms with Crippen LogP contribution in [0, 0.1) is 11.8 Å². The van der Waals surface area contributed by atoms with E-state index >= 15 is 0 Å². The van der Waals surface area contributed by atoms with Crippen molar-refractivity contribution in [2.24, 2.45) is 11.8 Å². The van der Waals surface area contributed by atoms with Crippen molar-refractivity contribution < 1.29 is 5.11 Å². The van der Waals surface area contributed by atoms with Gasteiger partial charge >= 0.3 is 0 Å². The van der Waals surface area contributed by atoms with Crippen molar-refractivity contribution in [1.29, 1.82) is 0 Å². The van der Waals surface area contributed by atoms with Crippen LogP contribution in [0.25, 0.3) is 10.9 Å². The summed E-state index contributed by atoms with van der Waals surface area (Å²) < 4.78 is 0. The Morgan fingerprint density at radius 2 is 2.23 bits per heavy atom. The number of hydrogen-bond acceptors (Lipinski definition) is 2. The molecule has 2 saturated heterocycles. The van der Waals surface area contributed by atoms with Crippen molar-refractivity contribution in [1.82, 2.24) is 9.88 Å². The Morgan fingerprint density at radius 3 is 3.05 bits per heavy atom. The first-order valence-corrected chi connectivity index (χ1v) is 8.82. The molecule has 7 rings (SSSR count). The fraction of sp³-hybridized carbons (Fsp3) is 0.579. The quantitative estimate of drug-likeness (QED) is 0.843. The van der Waals surface area contributed by atoms with Crippen molar-refractivity contribution in [3.63, 3.8) is 0 Å². The number of benzene rings is 1. The Kier molecular flexibility index (Phi) is 2.67. The molecule has 0 spiro atoms. The Morgan fingerprint density at radius 1 is 1.32 bits per heavy atom. The summed E-state index contributed by atoms with van der Waals surface area (Å²) in [6.07, 6.45) is 5.18. The largest absolute Gasteiger partial charge is 0.508 e. The first-order chi connectivity index (χ1) is 10.7. The predicted octanol–water partition coefficient (Wildman–Crippen LogP) is 3.63. The van der Waals surface area contributed by atoms with Gasteiger partial charge in [0.05, 0.1) is 0 Å². The number of phenols is 1. The van der Waals surface area contributed by atoms with Gasteiger partial charge in [0.15, 0.2) is 0 Å². The summed E-state index contributed by atoms with van der Waals surface area (Å²) in [6, 6.07) is 6.58. The van der Waals surface area contributed by atoms with Crippen LogP contribution < -0.4 is 0 Å². The molecule has 5 atom stereocenters. The van der Waals surface area contributed by atoms with Crippen molar-refractivity contribution in [2.45, 2.75) is 44.6 Å². The third kappa shape index (κ3) is 1.66. The van der Waals surface area contributed by atoms with Gasteiger partial charge in [-0.2, -0.15) is 0 Å². The first kappa shape index (κ1) is 13.0. The Hall–Kier alpha value is -1.48. The van der Waals surface area contributed by atoms with Crippen LogP contribution in [0.1, 0.15) is 43.4 Å². The molecule has 1 aliphatic carbocycles. The maximum absolute atomic E-state index is 9.86. The van der Waals surface area contributed by atoms with E-state index in [1.165, 1.54) is 54.5 Å². The van der Waals surface area contributed by atoms with Crippen molar-refractivity contribution >= 4 is 10.9 Å². The number of aromatic amines is 1. The van der Waals surface area contributed by atoms with Crippen LogP contribution in [0.2, 0.25) is 0 Å². The van der Waals surface area contributed by atoms with Crippen LogP contribution in [0.4, 0.5) is 0 Å². The van der Waals surface area contributed by atoms with Crippen LogP contribution in [0.3, 0.4) is 0 Å². The number of H-pyrrole nitrogens is 1. The summed E-state index contributed by atoms with van der Waals surface area (Å²) in [5.74, 6) is 2.81. The summed E-state index contributed by atoms with van der Waals surface area (Å²) in [7, 11) is 0. The third-order valence-electron chi connectivity index (χ3n) is 6.62. The molecule has 116 valence electrons. The minimum absolute atomic E-state index is 0.384. The molecule has 22 heavy (non-hydrogen) atoms. The molecular formula is C19H24N2O. The molecule has 5 heterocycles. The van der Waals surface area contributed by atoms with E-state index in [9.17, 15) is 5.11 Å². The van der Waals surface area contributed by atoms with Crippen LogP contribution >= 0.6 is 0 Å². The fourth-order valence-electron chi connectivity index (χ4n) is 5.59. The zero-order valence-corrected chi connectivity index (χ0v) is 13.2. The lowest BCUT2D eigenvalue weighted by Gasteiger charge is -2.55. The summed E-state index contributed by atoms with van der Waals surface area (Å²) in [6.45, 7) is 4.84. The SMILES string of the molecule is CCC1CC2CN3CCc4c([nH]c5ccc(O)cc45)C2CC13. The molecular weight excluding hydrogens is 272 g/mol. The smallest absolute Gasteiger partial charge is 0.116 e. The Balaban J connectivity index is 1.66. The molecule has 3 heteroatoms. The van der Waals surface area contributed by atoms with E-state index in [0.717, 1.165) is 24.3 Å². The second-order valence-electron chi connectivity index (χ2n) is 7.57. The average Bonchev–Trinajstić information content (AvgIpc) is 2.87. The van der Waals surface area contributed by atoms with Gasteiger partial charge in [0, 0.05) is 41.6 Å². The standard InChI is InChI=1S/C19H24N2O/c1-2-11-7-12-10-21-6-5-14-16-8-13(22)3-4-17(16)20-19(14)15(12)9-18(11)21/h3-4,8,11-12,15,18,20,22H,2,5-7,9-10H2,1H3. The van der Waals surface area contributed by atoms with E-state index < -0.39 is 0 Å². The topological polar surface area (TPSA) is 39.3 Å². The third-order valence-corrected chi connectivity index (χ3v) is 6.62. The molecule has 1 aromatic heterocycles. The van der Waals surface area contributed by atoms with E-state index in [-0.39, 0.29) is 0 Å². The molecule has 2 N–H and O–H groups in total. The normalized spacial score (nSPS) is 36.3. The second kappa shape index (κ2) is 4.51. The van der Waals surface area contributed by atoms with E-state index in [1.807, 2.05) is 12.1 Å². The summed E-state index contributed by atoms with van der Waals surface area (Å²) in [5.41, 5.74) is 4.16. The lowest BCUT2D eigenvalue weighted by molar-refractivity contribution is -0.0191. The number of piperidine rings is 2. The summed E-state index contributed by atoms with van der Waals surface area (Å²) in [4.78, 5) is 6.49. The first-order valence-electron chi connectivity index (χ1n) is 8.82. The average molecular weight is 296 g/mol. The number of rotatable bonds is 1. The van der Waals surface area contributed by atoms with Gasteiger partial charge < -0.3 is 10.1 Å². The molecule has 4 bridgehead atoms. The number of fused-ring (bicyclic) bond motifs is 3. The molecule has 4 aliphatic heterocycles. The zero-order valence-electron chi connectivity index (χ0n) is 13.2. The van der Waals surface area contributed by atoms with E-state index in [0.29, 0.717) is 11.7 Å². The van der Waals surface area contributed by atoms with Gasteiger partial charge in [-0.3, -0.25) is 4.90 Å². The van der Waals surface area contributed by atoms with Crippen LogP contribution in [0.15, 0.2) is 18.2 Å². The van der Waals surface area contributed by atoms with Crippen LogP contribution in [0.5, 0.6) is 5.75 Å². The number of aromatic nitrogens is 1. The van der Waals surface area contributed by atoms with Crippen LogP contribution in [-0.4, -0.2) is 34.1 Å². The van der Waals surface area contributed by atoms with Gasteiger partial charge in [0.2, 0.25) is 0 Å². The maximum atomic E-state index is 9.86. The molecule has 0 radical (unpaired) electrons. The monoisotopic (exact) mass is 296 g/mol. The minimum Gasteiger partial charge on any atom is -0.508 e. The minimum atomic E-state index is 0.384. The van der Waals surface area contributed by atoms with Gasteiger partial charge in [-0.05, 0) is 54.9 Å². The number of nitrogens with zero attached hydrogens (tertiary/aromatic N) is 1. The molecule has 0 amide bonds.